The molecule has 1 aliphatic rings. The van der Waals surface area contributed by atoms with Crippen LogP contribution in [0.15, 0.2) is 53.0 Å². The molecule has 0 spiro atoms. The normalized spacial score (nSPS) is 16.9. The predicted octanol–water partition coefficient (Wildman–Crippen LogP) is 3.85. The fraction of sp³-hybridized carbons (Fsp3) is 0.250. The topological polar surface area (TPSA) is 84.6 Å². The Morgan fingerprint density at radius 3 is 2.41 bits per heavy atom. The number of rotatable bonds is 5. The zero-order valence-corrected chi connectivity index (χ0v) is 16.1. The van der Waals surface area contributed by atoms with Gasteiger partial charge in [-0.2, -0.15) is 5.26 Å². The molecule has 1 heterocycles. The molecule has 2 amide bonds. The van der Waals surface area contributed by atoms with E-state index in [-0.39, 0.29) is 18.4 Å². The molecule has 0 radical (unpaired) electrons. The predicted molar refractivity (Wildman–Crippen MR) is 104 cm³/mol. The molecule has 2 aromatic rings. The Bertz CT molecular complexity index is 875. The first-order valence-corrected chi connectivity index (χ1v) is 9.28. The van der Waals surface area contributed by atoms with Crippen LogP contribution in [-0.4, -0.2) is 35.1 Å². The smallest absolute Gasteiger partial charge is 0.324 e. The van der Waals surface area contributed by atoms with Gasteiger partial charge in [-0.1, -0.05) is 28.1 Å². The fourth-order valence-corrected chi connectivity index (χ4v) is 3.47. The van der Waals surface area contributed by atoms with Crippen molar-refractivity contribution in [2.24, 2.45) is 5.92 Å². The molecule has 1 aliphatic heterocycles. The van der Waals surface area contributed by atoms with E-state index in [9.17, 15) is 14.7 Å². The van der Waals surface area contributed by atoms with Crippen molar-refractivity contribution in [1.29, 1.82) is 5.26 Å². The monoisotopic (exact) mass is 427 g/mol. The van der Waals surface area contributed by atoms with E-state index in [2.05, 4.69) is 22.0 Å². The van der Waals surface area contributed by atoms with Crippen molar-refractivity contribution in [3.05, 3.63) is 64.1 Å². The van der Waals surface area contributed by atoms with Gasteiger partial charge in [0.25, 0.3) is 0 Å². The molecule has 0 bridgehead atoms. The Kier molecular flexibility index (Phi) is 5.77. The number of hydrogen-bond donors (Lipinski definition) is 1. The zero-order chi connectivity index (χ0) is 19.4. The number of carboxylic acids is 1. The number of hydrogen-bond acceptors (Lipinski definition) is 3. The van der Waals surface area contributed by atoms with Crippen LogP contribution in [0.5, 0.6) is 0 Å². The number of amides is 2. The molecule has 1 unspecified atom stereocenters. The van der Waals surface area contributed by atoms with Crippen LogP contribution in [0.4, 0.5) is 10.5 Å². The fourth-order valence-electron chi connectivity index (χ4n) is 3.20. The van der Waals surface area contributed by atoms with Gasteiger partial charge in [-0.25, -0.2) is 4.79 Å². The summed E-state index contributed by atoms with van der Waals surface area (Å²) < 4.78 is 0.909. The third-order valence-corrected chi connectivity index (χ3v) is 5.01. The third-order valence-electron chi connectivity index (χ3n) is 4.48. The van der Waals surface area contributed by atoms with Crippen molar-refractivity contribution in [2.75, 3.05) is 18.0 Å². The minimum Gasteiger partial charge on any atom is -0.481 e. The molecular formula is C20H18BrN3O3. The van der Waals surface area contributed by atoms with Crippen molar-refractivity contribution < 1.29 is 14.7 Å². The van der Waals surface area contributed by atoms with E-state index in [1.54, 1.807) is 21.9 Å². The van der Waals surface area contributed by atoms with Crippen LogP contribution in [0.1, 0.15) is 17.5 Å². The molecule has 27 heavy (non-hydrogen) atoms. The van der Waals surface area contributed by atoms with Crippen molar-refractivity contribution >= 4 is 33.6 Å². The standard InChI is InChI=1S/C20H18BrN3O3/c21-17-5-7-18(8-6-17)24-13-16(9-19(25)26)12-23(20(24)27)11-15-3-1-14(10-22)2-4-15/h1-8,16H,9,11-13H2,(H,25,26). The van der Waals surface area contributed by atoms with Crippen LogP contribution < -0.4 is 4.90 Å². The molecule has 0 aliphatic carbocycles. The average molecular weight is 428 g/mol. The van der Waals surface area contributed by atoms with Crippen molar-refractivity contribution in [3.8, 4) is 6.07 Å². The Morgan fingerprint density at radius 2 is 1.81 bits per heavy atom. The zero-order valence-electron chi connectivity index (χ0n) is 14.5. The number of benzene rings is 2. The number of aliphatic carboxylic acids is 1. The summed E-state index contributed by atoms with van der Waals surface area (Å²) in [7, 11) is 0. The molecule has 7 heteroatoms. The summed E-state index contributed by atoms with van der Waals surface area (Å²) in [5.74, 6) is -1.04. The molecule has 3 rings (SSSR count). The van der Waals surface area contributed by atoms with Gasteiger partial charge in [-0.15, -0.1) is 0 Å². The van der Waals surface area contributed by atoms with E-state index in [0.29, 0.717) is 25.2 Å². The summed E-state index contributed by atoms with van der Waals surface area (Å²) in [6.07, 6.45) is 0.00415. The molecule has 1 atom stereocenters. The van der Waals surface area contributed by atoms with Crippen LogP contribution in [0.2, 0.25) is 0 Å². The maximum Gasteiger partial charge on any atom is 0.324 e. The highest BCUT2D eigenvalue weighted by molar-refractivity contribution is 9.10. The van der Waals surface area contributed by atoms with E-state index in [1.807, 2.05) is 36.4 Å². The van der Waals surface area contributed by atoms with Gasteiger partial charge < -0.3 is 10.0 Å². The van der Waals surface area contributed by atoms with Crippen LogP contribution in [0.25, 0.3) is 0 Å². The summed E-state index contributed by atoms with van der Waals surface area (Å²) in [4.78, 5) is 27.5. The molecule has 0 saturated carbocycles. The maximum absolute atomic E-state index is 13.0. The lowest BCUT2D eigenvalue weighted by Gasteiger charge is -2.40. The molecule has 6 nitrogen and oxygen atoms in total. The van der Waals surface area contributed by atoms with Crippen LogP contribution >= 0.6 is 15.9 Å². The number of halogens is 1. The Labute approximate surface area is 165 Å². The summed E-state index contributed by atoms with van der Waals surface area (Å²) in [5.41, 5.74) is 2.20. The average Bonchev–Trinajstić information content (AvgIpc) is 2.65. The van der Waals surface area contributed by atoms with Crippen molar-refractivity contribution in [3.63, 3.8) is 0 Å². The van der Waals surface area contributed by atoms with Gasteiger partial charge in [0.2, 0.25) is 0 Å². The number of carbonyl (C=O) groups excluding carboxylic acids is 1. The second-order valence-electron chi connectivity index (χ2n) is 6.52. The van der Waals surface area contributed by atoms with Crippen LogP contribution in [0, 0.1) is 17.2 Å². The minimum atomic E-state index is -0.872. The minimum absolute atomic E-state index is 0.00415. The molecule has 2 aromatic carbocycles. The SMILES string of the molecule is N#Cc1ccc(CN2CC(CC(=O)O)CN(c3ccc(Br)cc3)C2=O)cc1. The van der Waals surface area contributed by atoms with Gasteiger partial charge in [0.1, 0.15) is 0 Å². The number of carboxylic acid groups (broad SMARTS) is 1. The first kappa shape index (κ1) is 18.9. The second kappa shape index (κ2) is 8.23. The lowest BCUT2D eigenvalue weighted by Crippen LogP contribution is -2.53. The molecular weight excluding hydrogens is 410 g/mol. The molecule has 138 valence electrons. The van der Waals surface area contributed by atoms with Gasteiger partial charge in [-0.3, -0.25) is 9.69 Å². The van der Waals surface area contributed by atoms with Crippen molar-refractivity contribution in [2.45, 2.75) is 13.0 Å². The highest BCUT2D eigenvalue weighted by Gasteiger charge is 2.33. The highest BCUT2D eigenvalue weighted by Crippen LogP contribution is 2.26. The lowest BCUT2D eigenvalue weighted by atomic mass is 10.0. The van der Waals surface area contributed by atoms with Crippen LogP contribution in [0.3, 0.4) is 0 Å². The Hall–Kier alpha value is -2.85. The first-order chi connectivity index (χ1) is 13.0. The van der Waals surface area contributed by atoms with E-state index < -0.39 is 5.97 Å². The summed E-state index contributed by atoms with van der Waals surface area (Å²) >= 11 is 3.38. The van der Waals surface area contributed by atoms with Gasteiger partial charge >= 0.3 is 12.0 Å². The largest absolute Gasteiger partial charge is 0.481 e. The number of nitriles is 1. The molecule has 0 aromatic heterocycles. The van der Waals surface area contributed by atoms with Gasteiger partial charge in [0, 0.05) is 35.7 Å². The third kappa shape index (κ3) is 4.66. The van der Waals surface area contributed by atoms with E-state index in [0.717, 1.165) is 15.7 Å². The number of nitrogens with zero attached hydrogens (tertiary/aromatic N) is 3. The highest BCUT2D eigenvalue weighted by atomic mass is 79.9. The summed E-state index contributed by atoms with van der Waals surface area (Å²) in [6, 6.07) is 16.4. The van der Waals surface area contributed by atoms with Gasteiger partial charge in [-0.05, 0) is 42.0 Å². The molecule has 1 fully saturated rings. The maximum atomic E-state index is 13.0. The first-order valence-electron chi connectivity index (χ1n) is 8.49. The second-order valence-corrected chi connectivity index (χ2v) is 7.44. The Balaban J connectivity index is 1.84. The lowest BCUT2D eigenvalue weighted by molar-refractivity contribution is -0.138. The van der Waals surface area contributed by atoms with Gasteiger partial charge in [0.15, 0.2) is 0 Å². The van der Waals surface area contributed by atoms with E-state index in [1.165, 1.54) is 0 Å². The molecule has 1 saturated heterocycles. The summed E-state index contributed by atoms with van der Waals surface area (Å²) in [5, 5.41) is 18.1. The number of anilines is 1. The number of carbonyl (C=O) groups is 2. The van der Waals surface area contributed by atoms with E-state index >= 15 is 0 Å². The molecule has 1 N–H and O–H groups in total. The summed E-state index contributed by atoms with van der Waals surface area (Å²) in [6.45, 7) is 1.13. The van der Waals surface area contributed by atoms with Crippen molar-refractivity contribution in [1.82, 2.24) is 4.90 Å². The van der Waals surface area contributed by atoms with Crippen LogP contribution in [-0.2, 0) is 11.3 Å². The quantitative estimate of drug-likeness (QED) is 0.784. The Morgan fingerprint density at radius 1 is 1.15 bits per heavy atom. The van der Waals surface area contributed by atoms with E-state index in [4.69, 9.17) is 5.26 Å². The number of urea groups is 1. The van der Waals surface area contributed by atoms with Gasteiger partial charge in [0.05, 0.1) is 18.1 Å².